The fraction of sp³-hybridized carbons (Fsp3) is 0.357. The quantitative estimate of drug-likeness (QED) is 0.825. The molecule has 1 fully saturated rings. The second-order valence-corrected chi connectivity index (χ2v) is 4.82. The molecule has 0 N–H and O–H groups in total. The van der Waals surface area contributed by atoms with Crippen molar-refractivity contribution in [2.45, 2.75) is 6.92 Å². The maximum absolute atomic E-state index is 12.2. The van der Waals surface area contributed by atoms with Crippen molar-refractivity contribution < 1.29 is 9.21 Å². The maximum Gasteiger partial charge on any atom is 0.257 e. The molecule has 2 aromatic rings. The second-order valence-electron chi connectivity index (χ2n) is 4.82. The van der Waals surface area contributed by atoms with Crippen molar-refractivity contribution in [1.82, 2.24) is 15.1 Å². The molecule has 1 saturated heterocycles. The largest absolute Gasteiger partial charge is 0.472 e. The number of amides is 1. The summed E-state index contributed by atoms with van der Waals surface area (Å²) >= 11 is 0. The van der Waals surface area contributed by atoms with Gasteiger partial charge in [-0.1, -0.05) is 0 Å². The van der Waals surface area contributed by atoms with E-state index >= 15 is 0 Å². The van der Waals surface area contributed by atoms with Gasteiger partial charge in [0.1, 0.15) is 6.26 Å². The average Bonchev–Trinajstić information content (AvgIpc) is 3.02. The Morgan fingerprint density at radius 3 is 2.55 bits per heavy atom. The molecule has 0 aliphatic carbocycles. The van der Waals surface area contributed by atoms with Crippen LogP contribution in [0.3, 0.4) is 0 Å². The maximum atomic E-state index is 12.2. The first-order valence-electron chi connectivity index (χ1n) is 6.61. The van der Waals surface area contributed by atoms with Crippen LogP contribution in [-0.4, -0.2) is 47.2 Å². The molecule has 3 heterocycles. The van der Waals surface area contributed by atoms with Crippen LogP contribution >= 0.6 is 0 Å². The normalized spacial score (nSPS) is 15.4. The lowest BCUT2D eigenvalue weighted by atomic mass is 10.2. The van der Waals surface area contributed by atoms with Crippen LogP contribution in [0.1, 0.15) is 16.1 Å². The van der Waals surface area contributed by atoms with E-state index in [0.717, 1.165) is 24.6 Å². The van der Waals surface area contributed by atoms with E-state index in [-0.39, 0.29) is 5.91 Å². The second kappa shape index (κ2) is 5.32. The molecule has 0 atom stereocenters. The lowest BCUT2D eigenvalue weighted by molar-refractivity contribution is 0.0746. The first kappa shape index (κ1) is 12.7. The van der Waals surface area contributed by atoms with Gasteiger partial charge in [-0.25, -0.2) is 0 Å². The lowest BCUT2D eigenvalue weighted by Crippen LogP contribution is -2.49. The molecule has 6 heteroatoms. The lowest BCUT2D eigenvalue weighted by Gasteiger charge is -2.35. The fourth-order valence-electron chi connectivity index (χ4n) is 2.27. The topological polar surface area (TPSA) is 62.5 Å². The minimum atomic E-state index is 0.0217. The van der Waals surface area contributed by atoms with Crippen LogP contribution in [-0.2, 0) is 0 Å². The monoisotopic (exact) mass is 272 g/mol. The van der Waals surface area contributed by atoms with E-state index in [0.29, 0.717) is 18.7 Å². The third-order valence-electron chi connectivity index (χ3n) is 3.44. The number of aryl methyl sites for hydroxylation is 1. The van der Waals surface area contributed by atoms with Gasteiger partial charge in [0, 0.05) is 26.2 Å². The van der Waals surface area contributed by atoms with Gasteiger partial charge in [-0.05, 0) is 25.1 Å². The SMILES string of the molecule is Cc1ccc(N2CCN(C(=O)c3ccoc3)CC2)nn1. The van der Waals surface area contributed by atoms with Crippen molar-refractivity contribution in [3.63, 3.8) is 0 Å². The van der Waals surface area contributed by atoms with Crippen LogP contribution in [0.5, 0.6) is 0 Å². The summed E-state index contributed by atoms with van der Waals surface area (Å²) in [7, 11) is 0. The van der Waals surface area contributed by atoms with E-state index in [4.69, 9.17) is 4.42 Å². The summed E-state index contributed by atoms with van der Waals surface area (Å²) in [5, 5.41) is 8.24. The van der Waals surface area contributed by atoms with Gasteiger partial charge in [0.2, 0.25) is 0 Å². The van der Waals surface area contributed by atoms with Crippen LogP contribution in [0.15, 0.2) is 35.1 Å². The molecule has 20 heavy (non-hydrogen) atoms. The Morgan fingerprint density at radius 2 is 1.95 bits per heavy atom. The van der Waals surface area contributed by atoms with Crippen LogP contribution in [0.4, 0.5) is 5.82 Å². The fourth-order valence-corrected chi connectivity index (χ4v) is 2.27. The van der Waals surface area contributed by atoms with E-state index in [2.05, 4.69) is 15.1 Å². The Morgan fingerprint density at radius 1 is 1.15 bits per heavy atom. The summed E-state index contributed by atoms with van der Waals surface area (Å²) < 4.78 is 4.95. The van der Waals surface area contributed by atoms with Crippen LogP contribution < -0.4 is 4.90 Å². The number of hydrogen-bond donors (Lipinski definition) is 0. The number of hydrogen-bond acceptors (Lipinski definition) is 5. The molecular weight excluding hydrogens is 256 g/mol. The van der Waals surface area contributed by atoms with Crippen molar-refractivity contribution in [1.29, 1.82) is 0 Å². The summed E-state index contributed by atoms with van der Waals surface area (Å²) in [5.41, 5.74) is 1.51. The van der Waals surface area contributed by atoms with E-state index in [1.54, 1.807) is 6.07 Å². The molecule has 0 unspecified atom stereocenters. The third-order valence-corrected chi connectivity index (χ3v) is 3.44. The van der Waals surface area contributed by atoms with Gasteiger partial charge < -0.3 is 14.2 Å². The summed E-state index contributed by atoms with van der Waals surface area (Å²) in [6, 6.07) is 5.61. The molecule has 0 spiro atoms. The highest BCUT2D eigenvalue weighted by Crippen LogP contribution is 2.14. The molecule has 0 radical (unpaired) electrons. The predicted molar refractivity (Wildman–Crippen MR) is 73.6 cm³/mol. The van der Waals surface area contributed by atoms with E-state index in [1.807, 2.05) is 24.0 Å². The molecule has 1 aliphatic heterocycles. The molecule has 3 rings (SSSR count). The number of carbonyl (C=O) groups excluding carboxylic acids is 1. The molecule has 104 valence electrons. The Hall–Kier alpha value is -2.37. The zero-order valence-electron chi connectivity index (χ0n) is 11.3. The minimum absolute atomic E-state index is 0.0217. The average molecular weight is 272 g/mol. The number of nitrogens with zero attached hydrogens (tertiary/aromatic N) is 4. The van der Waals surface area contributed by atoms with Crippen LogP contribution in [0.2, 0.25) is 0 Å². The Bertz CT molecular complexity index is 572. The van der Waals surface area contributed by atoms with Gasteiger partial charge in [0.15, 0.2) is 5.82 Å². The predicted octanol–water partition coefficient (Wildman–Crippen LogP) is 1.34. The highest BCUT2D eigenvalue weighted by Gasteiger charge is 2.23. The van der Waals surface area contributed by atoms with Gasteiger partial charge in [0.25, 0.3) is 5.91 Å². The first-order chi connectivity index (χ1) is 9.74. The zero-order chi connectivity index (χ0) is 13.9. The van der Waals surface area contributed by atoms with E-state index in [1.165, 1.54) is 12.5 Å². The highest BCUT2D eigenvalue weighted by atomic mass is 16.3. The van der Waals surface area contributed by atoms with Gasteiger partial charge in [-0.3, -0.25) is 4.79 Å². The van der Waals surface area contributed by atoms with Crippen molar-refractivity contribution >= 4 is 11.7 Å². The summed E-state index contributed by atoms with van der Waals surface area (Å²) in [4.78, 5) is 16.1. The van der Waals surface area contributed by atoms with Crippen molar-refractivity contribution in [2.24, 2.45) is 0 Å². The summed E-state index contributed by atoms with van der Waals surface area (Å²) in [6.07, 6.45) is 3.01. The van der Waals surface area contributed by atoms with Gasteiger partial charge in [0.05, 0.1) is 17.5 Å². The number of aromatic nitrogens is 2. The molecule has 6 nitrogen and oxygen atoms in total. The van der Waals surface area contributed by atoms with Crippen molar-refractivity contribution in [2.75, 3.05) is 31.1 Å². The number of anilines is 1. The molecule has 0 bridgehead atoms. The number of rotatable bonds is 2. The molecule has 1 amide bonds. The molecular formula is C14H16N4O2. The Kier molecular flexibility index (Phi) is 3.37. The number of piperazine rings is 1. The smallest absolute Gasteiger partial charge is 0.257 e. The molecule has 0 aromatic carbocycles. The first-order valence-corrected chi connectivity index (χ1v) is 6.61. The number of furan rings is 1. The summed E-state index contributed by atoms with van der Waals surface area (Å²) in [5.74, 6) is 0.888. The van der Waals surface area contributed by atoms with Crippen LogP contribution in [0.25, 0.3) is 0 Å². The van der Waals surface area contributed by atoms with Gasteiger partial charge >= 0.3 is 0 Å². The molecule has 2 aromatic heterocycles. The van der Waals surface area contributed by atoms with Crippen molar-refractivity contribution in [3.8, 4) is 0 Å². The van der Waals surface area contributed by atoms with E-state index in [9.17, 15) is 4.79 Å². The standard InChI is InChI=1S/C14H16N4O2/c1-11-2-3-13(16-15-11)17-5-7-18(8-6-17)14(19)12-4-9-20-10-12/h2-4,9-10H,5-8H2,1H3. The Labute approximate surface area is 117 Å². The van der Waals surface area contributed by atoms with Crippen LogP contribution in [0, 0.1) is 6.92 Å². The minimum Gasteiger partial charge on any atom is -0.472 e. The zero-order valence-corrected chi connectivity index (χ0v) is 11.3. The van der Waals surface area contributed by atoms with Gasteiger partial charge in [-0.15, -0.1) is 5.10 Å². The Balaban J connectivity index is 1.62. The van der Waals surface area contributed by atoms with Gasteiger partial charge in [-0.2, -0.15) is 5.10 Å². The number of carbonyl (C=O) groups is 1. The molecule has 0 saturated carbocycles. The summed E-state index contributed by atoms with van der Waals surface area (Å²) in [6.45, 7) is 4.81. The van der Waals surface area contributed by atoms with E-state index < -0.39 is 0 Å². The molecule has 1 aliphatic rings. The highest BCUT2D eigenvalue weighted by molar-refractivity contribution is 5.94. The van der Waals surface area contributed by atoms with Crippen molar-refractivity contribution in [3.05, 3.63) is 42.0 Å². The third kappa shape index (κ3) is 2.49.